The average molecular weight is 526 g/mol. The number of anilines is 1. The number of hydrogen-bond donors (Lipinski definition) is 1. The minimum Gasteiger partial charge on any atom is -0.323 e. The minimum atomic E-state index is -0.533. The van der Waals surface area contributed by atoms with E-state index in [1.807, 2.05) is 30.3 Å². The fourth-order valence-electron chi connectivity index (χ4n) is 3.51. The Bertz CT molecular complexity index is 1400. The van der Waals surface area contributed by atoms with E-state index in [9.17, 15) is 14.0 Å². The lowest BCUT2D eigenvalue weighted by atomic mass is 10.0. The fraction of sp³-hybridized carbons (Fsp3) is 0.160. The molecule has 4 aromatic rings. The van der Waals surface area contributed by atoms with Crippen LogP contribution >= 0.6 is 27.7 Å². The maximum atomic E-state index is 14.1. The predicted molar refractivity (Wildman–Crippen MR) is 135 cm³/mol. The maximum absolute atomic E-state index is 14.1. The predicted octanol–water partition coefficient (Wildman–Crippen LogP) is 6.14. The van der Waals surface area contributed by atoms with Crippen LogP contribution in [0, 0.1) is 5.82 Å². The monoisotopic (exact) mass is 525 g/mol. The number of thioether (sulfide) groups is 1. The Balaban J connectivity index is 1.72. The summed E-state index contributed by atoms with van der Waals surface area (Å²) in [6.45, 7) is 4.12. The summed E-state index contributed by atoms with van der Waals surface area (Å²) < 4.78 is 16.2. The van der Waals surface area contributed by atoms with Crippen molar-refractivity contribution in [3.8, 4) is 5.69 Å². The second-order valence-electron chi connectivity index (χ2n) is 7.73. The molecule has 0 bridgehead atoms. The van der Waals surface area contributed by atoms with E-state index in [2.05, 4.69) is 40.1 Å². The van der Waals surface area contributed by atoms with E-state index in [1.165, 1.54) is 12.1 Å². The molecular weight excluding hydrogens is 505 g/mol. The number of hydrogen-bond acceptors (Lipinski definition) is 4. The van der Waals surface area contributed by atoms with Crippen molar-refractivity contribution in [3.05, 3.63) is 92.9 Å². The molecule has 1 N–H and O–H groups in total. The molecule has 5 nitrogen and oxygen atoms in total. The number of halogens is 2. The van der Waals surface area contributed by atoms with Gasteiger partial charge in [-0.3, -0.25) is 14.2 Å². The first-order valence-corrected chi connectivity index (χ1v) is 12.1. The molecule has 0 radical (unpaired) electrons. The van der Waals surface area contributed by atoms with Crippen LogP contribution in [0.1, 0.15) is 25.3 Å². The average Bonchev–Trinajstić information content (AvgIpc) is 2.79. The normalized spacial score (nSPS) is 11.2. The first-order chi connectivity index (χ1) is 15.8. The van der Waals surface area contributed by atoms with E-state index in [4.69, 9.17) is 0 Å². The van der Waals surface area contributed by atoms with Crippen molar-refractivity contribution >= 4 is 50.2 Å². The van der Waals surface area contributed by atoms with Gasteiger partial charge in [0.2, 0.25) is 5.91 Å². The van der Waals surface area contributed by atoms with Gasteiger partial charge in [-0.1, -0.05) is 71.9 Å². The lowest BCUT2D eigenvalue weighted by Crippen LogP contribution is -2.24. The van der Waals surface area contributed by atoms with E-state index in [0.717, 1.165) is 23.0 Å². The summed E-state index contributed by atoms with van der Waals surface area (Å²) in [5.74, 6) is -0.785. The Labute approximate surface area is 203 Å². The molecular formula is C25H21BrFN3O2S. The zero-order valence-corrected chi connectivity index (χ0v) is 20.4. The van der Waals surface area contributed by atoms with E-state index in [1.54, 1.807) is 28.8 Å². The minimum absolute atomic E-state index is 0.0376. The molecule has 0 saturated carbocycles. The summed E-state index contributed by atoms with van der Waals surface area (Å²) >= 11 is 4.33. The maximum Gasteiger partial charge on any atom is 0.266 e. The smallest absolute Gasteiger partial charge is 0.266 e. The first-order valence-electron chi connectivity index (χ1n) is 10.3. The number of fused-ring (bicyclic) bond motifs is 1. The Hall–Kier alpha value is -2.97. The number of benzene rings is 3. The van der Waals surface area contributed by atoms with Gasteiger partial charge in [-0.25, -0.2) is 9.37 Å². The number of nitrogens with one attached hydrogen (secondary N) is 1. The quantitative estimate of drug-likeness (QED) is 0.242. The molecule has 0 fully saturated rings. The Morgan fingerprint density at radius 2 is 1.85 bits per heavy atom. The topological polar surface area (TPSA) is 64.0 Å². The van der Waals surface area contributed by atoms with Crippen LogP contribution in [0.3, 0.4) is 0 Å². The standard InChI is InChI=1S/C25H21BrFN3O2S/c1-15(2)17-7-4-6-10-22(17)30-24(32)18-8-3-5-9-20(18)29-25(30)33-14-23(31)28-21-12-11-16(26)13-19(21)27/h3-13,15H,14H2,1-2H3,(H,28,31). The molecule has 0 atom stereocenters. The first kappa shape index (κ1) is 23.2. The van der Waals surface area contributed by atoms with Crippen molar-refractivity contribution in [2.45, 2.75) is 24.9 Å². The highest BCUT2D eigenvalue weighted by atomic mass is 79.9. The van der Waals surface area contributed by atoms with Crippen molar-refractivity contribution < 1.29 is 9.18 Å². The highest BCUT2D eigenvalue weighted by molar-refractivity contribution is 9.10. The van der Waals surface area contributed by atoms with Crippen LogP contribution in [-0.2, 0) is 4.79 Å². The highest BCUT2D eigenvalue weighted by Crippen LogP contribution is 2.27. The zero-order chi connectivity index (χ0) is 23.5. The second-order valence-corrected chi connectivity index (χ2v) is 9.58. The fourth-order valence-corrected chi connectivity index (χ4v) is 4.65. The number of amides is 1. The van der Waals surface area contributed by atoms with Gasteiger partial charge in [-0.2, -0.15) is 0 Å². The number of carbonyl (C=O) groups is 1. The molecule has 0 unspecified atom stereocenters. The zero-order valence-electron chi connectivity index (χ0n) is 18.0. The van der Waals surface area contributed by atoms with Gasteiger partial charge in [0, 0.05) is 4.47 Å². The van der Waals surface area contributed by atoms with Gasteiger partial charge in [0.05, 0.1) is 28.0 Å². The number of para-hydroxylation sites is 2. The van der Waals surface area contributed by atoms with Gasteiger partial charge in [0.15, 0.2) is 5.16 Å². The molecule has 1 amide bonds. The van der Waals surface area contributed by atoms with Crippen LogP contribution in [-0.4, -0.2) is 21.2 Å². The summed E-state index contributed by atoms with van der Waals surface area (Å²) in [5, 5.41) is 3.48. The van der Waals surface area contributed by atoms with Gasteiger partial charge in [-0.15, -0.1) is 0 Å². The molecule has 8 heteroatoms. The lowest BCUT2D eigenvalue weighted by molar-refractivity contribution is -0.113. The molecule has 0 aliphatic heterocycles. The van der Waals surface area contributed by atoms with Gasteiger partial charge in [0.25, 0.3) is 5.56 Å². The number of carbonyl (C=O) groups excluding carboxylic acids is 1. The molecule has 0 spiro atoms. The molecule has 1 aromatic heterocycles. The van der Waals surface area contributed by atoms with Crippen LogP contribution in [0.15, 0.2) is 81.2 Å². The SMILES string of the molecule is CC(C)c1ccccc1-n1c(SCC(=O)Nc2ccc(Br)cc2F)nc2ccccc2c1=O. The largest absolute Gasteiger partial charge is 0.323 e. The molecule has 1 heterocycles. The Kier molecular flexibility index (Phi) is 6.95. The van der Waals surface area contributed by atoms with Crippen molar-refractivity contribution in [2.24, 2.45) is 0 Å². The number of aromatic nitrogens is 2. The van der Waals surface area contributed by atoms with Gasteiger partial charge >= 0.3 is 0 Å². The van der Waals surface area contributed by atoms with Crippen molar-refractivity contribution in [3.63, 3.8) is 0 Å². The summed E-state index contributed by atoms with van der Waals surface area (Å²) in [6, 6.07) is 19.2. The number of rotatable bonds is 6. The molecule has 3 aromatic carbocycles. The molecule has 0 aliphatic rings. The summed E-state index contributed by atoms with van der Waals surface area (Å²) in [5.41, 5.74) is 2.19. The Morgan fingerprint density at radius 3 is 2.61 bits per heavy atom. The third-order valence-corrected chi connectivity index (χ3v) is 6.51. The summed E-state index contributed by atoms with van der Waals surface area (Å²) in [4.78, 5) is 30.7. The van der Waals surface area contributed by atoms with Crippen molar-refractivity contribution in [2.75, 3.05) is 11.1 Å². The molecule has 0 saturated heterocycles. The third-order valence-electron chi connectivity index (χ3n) is 5.08. The van der Waals surface area contributed by atoms with E-state index < -0.39 is 11.7 Å². The second kappa shape index (κ2) is 9.89. The molecule has 168 valence electrons. The number of nitrogens with zero attached hydrogens (tertiary/aromatic N) is 2. The van der Waals surface area contributed by atoms with Gasteiger partial charge < -0.3 is 5.32 Å². The molecule has 0 aliphatic carbocycles. The van der Waals surface area contributed by atoms with Crippen LogP contribution in [0.25, 0.3) is 16.6 Å². The van der Waals surface area contributed by atoms with Crippen LogP contribution in [0.4, 0.5) is 10.1 Å². The van der Waals surface area contributed by atoms with Crippen LogP contribution < -0.4 is 10.9 Å². The van der Waals surface area contributed by atoms with Gasteiger partial charge in [-0.05, 0) is 47.9 Å². The molecule has 4 rings (SSSR count). The van der Waals surface area contributed by atoms with Crippen LogP contribution in [0.5, 0.6) is 0 Å². The Morgan fingerprint density at radius 1 is 1.12 bits per heavy atom. The summed E-state index contributed by atoms with van der Waals surface area (Å²) in [6.07, 6.45) is 0. The third kappa shape index (κ3) is 5.02. The van der Waals surface area contributed by atoms with E-state index in [0.29, 0.717) is 20.5 Å². The van der Waals surface area contributed by atoms with Crippen LogP contribution in [0.2, 0.25) is 0 Å². The van der Waals surface area contributed by atoms with E-state index >= 15 is 0 Å². The molecule has 33 heavy (non-hydrogen) atoms. The van der Waals surface area contributed by atoms with Crippen molar-refractivity contribution in [1.82, 2.24) is 9.55 Å². The van der Waals surface area contributed by atoms with Gasteiger partial charge in [0.1, 0.15) is 5.82 Å². The summed E-state index contributed by atoms with van der Waals surface area (Å²) in [7, 11) is 0. The highest BCUT2D eigenvalue weighted by Gasteiger charge is 2.18. The van der Waals surface area contributed by atoms with E-state index in [-0.39, 0.29) is 22.9 Å². The lowest BCUT2D eigenvalue weighted by Gasteiger charge is -2.18. The van der Waals surface area contributed by atoms with Crippen molar-refractivity contribution in [1.29, 1.82) is 0 Å².